The van der Waals surface area contributed by atoms with Gasteiger partial charge >= 0.3 is 6.03 Å². The number of hydrogen-bond acceptors (Lipinski definition) is 2. The number of carbonyl (C=O) groups excluding carboxylic acids is 1. The Morgan fingerprint density at radius 3 is 2.71 bits per heavy atom. The van der Waals surface area contributed by atoms with Crippen molar-refractivity contribution in [1.82, 2.24) is 5.32 Å². The number of carbonyl (C=O) groups is 1. The van der Waals surface area contributed by atoms with Crippen LogP contribution in [-0.2, 0) is 0 Å². The summed E-state index contributed by atoms with van der Waals surface area (Å²) in [5.41, 5.74) is 1.33. The topological polar surface area (TPSA) is 61.4 Å². The first-order valence-electron chi connectivity index (χ1n) is 5.53. The lowest BCUT2D eigenvalue weighted by molar-refractivity contribution is 0.255. The van der Waals surface area contributed by atoms with E-state index in [-0.39, 0.29) is 11.8 Å². The highest BCUT2D eigenvalue weighted by Gasteiger charge is 2.04. The molecule has 1 rings (SSSR count). The molecule has 4 nitrogen and oxygen atoms in total. The molecule has 1 aromatic carbocycles. The van der Waals surface area contributed by atoms with E-state index in [1.165, 1.54) is 0 Å². The van der Waals surface area contributed by atoms with Gasteiger partial charge in [-0.3, -0.25) is 0 Å². The van der Waals surface area contributed by atoms with Crippen LogP contribution in [0.25, 0.3) is 0 Å². The van der Waals surface area contributed by atoms with Gasteiger partial charge in [-0.1, -0.05) is 26.0 Å². The third-order valence-corrected chi connectivity index (χ3v) is 2.10. The highest BCUT2D eigenvalue weighted by molar-refractivity contribution is 5.91. The quantitative estimate of drug-likeness (QED) is 0.704. The number of anilines is 1. The molecule has 0 atom stereocenters. The van der Waals surface area contributed by atoms with Gasteiger partial charge in [0.1, 0.15) is 5.75 Å². The van der Waals surface area contributed by atoms with Gasteiger partial charge in [0.25, 0.3) is 0 Å². The van der Waals surface area contributed by atoms with E-state index in [1.807, 2.05) is 32.9 Å². The fraction of sp³-hybridized carbons (Fsp3) is 0.308. The molecule has 0 aliphatic carbocycles. The van der Waals surface area contributed by atoms with Gasteiger partial charge in [0.15, 0.2) is 0 Å². The van der Waals surface area contributed by atoms with Crippen LogP contribution in [0, 0.1) is 12.8 Å². The minimum Gasteiger partial charge on any atom is -0.506 e. The Hall–Kier alpha value is -1.97. The van der Waals surface area contributed by atoms with Gasteiger partial charge in [0.05, 0.1) is 5.69 Å². The fourth-order valence-corrected chi connectivity index (χ4v) is 1.22. The second kappa shape index (κ2) is 5.94. The second-order valence-corrected chi connectivity index (χ2v) is 4.22. The van der Waals surface area contributed by atoms with Gasteiger partial charge < -0.3 is 15.7 Å². The number of aryl methyl sites for hydroxylation is 1. The molecule has 0 spiro atoms. The summed E-state index contributed by atoms with van der Waals surface area (Å²) in [5.74, 6) is 0.441. The number of rotatable bonds is 3. The number of allylic oxidation sites excluding steroid dienone is 1. The molecule has 92 valence electrons. The predicted octanol–water partition coefficient (Wildman–Crippen LogP) is 2.99. The number of benzene rings is 1. The van der Waals surface area contributed by atoms with Crippen LogP contribution >= 0.6 is 0 Å². The normalized spacial score (nSPS) is 10.8. The third-order valence-electron chi connectivity index (χ3n) is 2.10. The highest BCUT2D eigenvalue weighted by Crippen LogP contribution is 2.23. The SMILES string of the molecule is Cc1ccc(NC(=O)N/C=C/C(C)C)c(O)c1. The molecule has 17 heavy (non-hydrogen) atoms. The monoisotopic (exact) mass is 234 g/mol. The molecular formula is C13H18N2O2. The number of phenols is 1. The molecule has 0 unspecified atom stereocenters. The smallest absolute Gasteiger partial charge is 0.323 e. The Labute approximate surface area is 101 Å². The first kappa shape index (κ1) is 13.1. The zero-order chi connectivity index (χ0) is 12.8. The molecule has 0 bridgehead atoms. The van der Waals surface area contributed by atoms with Crippen molar-refractivity contribution in [2.75, 3.05) is 5.32 Å². The molecule has 0 aromatic heterocycles. The van der Waals surface area contributed by atoms with Crippen molar-refractivity contribution in [2.24, 2.45) is 5.92 Å². The van der Waals surface area contributed by atoms with E-state index in [1.54, 1.807) is 18.3 Å². The molecule has 0 heterocycles. The van der Waals surface area contributed by atoms with Crippen molar-refractivity contribution in [1.29, 1.82) is 0 Å². The lowest BCUT2D eigenvalue weighted by Gasteiger charge is -2.07. The van der Waals surface area contributed by atoms with Gasteiger partial charge in [0, 0.05) is 6.20 Å². The number of urea groups is 1. The summed E-state index contributed by atoms with van der Waals surface area (Å²) in [7, 11) is 0. The van der Waals surface area contributed by atoms with E-state index >= 15 is 0 Å². The van der Waals surface area contributed by atoms with Crippen LogP contribution in [0.15, 0.2) is 30.5 Å². The summed E-state index contributed by atoms with van der Waals surface area (Å²) in [5, 5.41) is 14.7. The highest BCUT2D eigenvalue weighted by atomic mass is 16.3. The molecule has 0 radical (unpaired) electrons. The van der Waals surface area contributed by atoms with Crippen LogP contribution in [0.1, 0.15) is 19.4 Å². The first-order valence-corrected chi connectivity index (χ1v) is 5.53. The molecule has 0 aliphatic rings. The second-order valence-electron chi connectivity index (χ2n) is 4.22. The maximum absolute atomic E-state index is 11.4. The van der Waals surface area contributed by atoms with E-state index < -0.39 is 0 Å². The largest absolute Gasteiger partial charge is 0.506 e. The van der Waals surface area contributed by atoms with Crippen molar-refractivity contribution in [3.63, 3.8) is 0 Å². The molecule has 0 aliphatic heterocycles. The van der Waals surface area contributed by atoms with Crippen molar-refractivity contribution >= 4 is 11.7 Å². The number of aromatic hydroxyl groups is 1. The minimum absolute atomic E-state index is 0.0630. The average molecular weight is 234 g/mol. The van der Waals surface area contributed by atoms with Crippen molar-refractivity contribution in [2.45, 2.75) is 20.8 Å². The lowest BCUT2D eigenvalue weighted by atomic mass is 10.2. The van der Waals surface area contributed by atoms with Gasteiger partial charge in [-0.05, 0) is 30.5 Å². The van der Waals surface area contributed by atoms with Crippen molar-refractivity contribution < 1.29 is 9.90 Å². The first-order chi connectivity index (χ1) is 7.99. The van der Waals surface area contributed by atoms with E-state index in [9.17, 15) is 9.90 Å². The molecule has 4 heteroatoms. The third kappa shape index (κ3) is 4.59. The maximum atomic E-state index is 11.4. The summed E-state index contributed by atoms with van der Waals surface area (Å²) >= 11 is 0. The summed E-state index contributed by atoms with van der Waals surface area (Å²) in [6.45, 7) is 5.90. The Morgan fingerprint density at radius 2 is 2.12 bits per heavy atom. The fourth-order valence-electron chi connectivity index (χ4n) is 1.22. The molecule has 1 aromatic rings. The average Bonchev–Trinajstić information content (AvgIpc) is 2.21. The minimum atomic E-state index is -0.374. The summed E-state index contributed by atoms with van der Waals surface area (Å²) in [6, 6.07) is 4.70. The van der Waals surface area contributed by atoms with Crippen LogP contribution in [-0.4, -0.2) is 11.1 Å². The number of amides is 2. The Bertz CT molecular complexity index is 425. The van der Waals surface area contributed by atoms with E-state index in [4.69, 9.17) is 0 Å². The van der Waals surface area contributed by atoms with E-state index in [0.717, 1.165) is 5.56 Å². The van der Waals surface area contributed by atoms with Crippen LogP contribution < -0.4 is 10.6 Å². The Balaban J connectivity index is 2.56. The van der Waals surface area contributed by atoms with Gasteiger partial charge in [-0.25, -0.2) is 4.79 Å². The molecule has 2 amide bonds. The molecule has 0 fully saturated rings. The van der Waals surface area contributed by atoms with E-state index in [2.05, 4.69) is 10.6 Å². The Kier molecular flexibility index (Phi) is 4.57. The van der Waals surface area contributed by atoms with Crippen LogP contribution in [0.3, 0.4) is 0 Å². The summed E-state index contributed by atoms with van der Waals surface area (Å²) in [6.07, 6.45) is 3.46. The van der Waals surface area contributed by atoms with Gasteiger partial charge in [0.2, 0.25) is 0 Å². The lowest BCUT2D eigenvalue weighted by Crippen LogP contribution is -2.23. The Morgan fingerprint density at radius 1 is 1.41 bits per heavy atom. The summed E-state index contributed by atoms with van der Waals surface area (Å²) < 4.78 is 0. The zero-order valence-electron chi connectivity index (χ0n) is 10.3. The van der Waals surface area contributed by atoms with E-state index in [0.29, 0.717) is 11.6 Å². The van der Waals surface area contributed by atoms with Gasteiger partial charge in [-0.2, -0.15) is 0 Å². The summed E-state index contributed by atoms with van der Waals surface area (Å²) in [4.78, 5) is 11.4. The number of phenolic OH excluding ortho intramolecular Hbond substituents is 1. The van der Waals surface area contributed by atoms with Crippen LogP contribution in [0.2, 0.25) is 0 Å². The van der Waals surface area contributed by atoms with Crippen molar-refractivity contribution in [3.8, 4) is 5.75 Å². The predicted molar refractivity (Wildman–Crippen MR) is 69.0 cm³/mol. The molecule has 0 saturated carbocycles. The molecule has 3 N–H and O–H groups in total. The molecule has 0 saturated heterocycles. The zero-order valence-corrected chi connectivity index (χ0v) is 10.3. The molecular weight excluding hydrogens is 216 g/mol. The standard InChI is InChI=1S/C13H18N2O2/c1-9(2)6-7-14-13(17)15-11-5-4-10(3)8-12(11)16/h4-9,16H,1-3H3,(H2,14,15,17)/b7-6+. The maximum Gasteiger partial charge on any atom is 0.323 e. The van der Waals surface area contributed by atoms with Crippen LogP contribution in [0.5, 0.6) is 5.75 Å². The number of hydrogen-bond donors (Lipinski definition) is 3. The van der Waals surface area contributed by atoms with Crippen LogP contribution in [0.4, 0.5) is 10.5 Å². The van der Waals surface area contributed by atoms with Gasteiger partial charge in [-0.15, -0.1) is 0 Å². The van der Waals surface area contributed by atoms with Crippen molar-refractivity contribution in [3.05, 3.63) is 36.0 Å². The number of nitrogens with one attached hydrogen (secondary N) is 2.